The van der Waals surface area contributed by atoms with Gasteiger partial charge in [-0.25, -0.2) is 4.79 Å². The zero-order valence-corrected chi connectivity index (χ0v) is 11.4. The fourth-order valence-electron chi connectivity index (χ4n) is 2.45. The molecule has 2 atom stereocenters. The van der Waals surface area contributed by atoms with Crippen LogP contribution in [0.25, 0.3) is 0 Å². The molecule has 0 aliphatic carbocycles. The van der Waals surface area contributed by atoms with Gasteiger partial charge in [0.1, 0.15) is 0 Å². The fraction of sp³-hybridized carbons (Fsp3) is 0.500. The highest BCUT2D eigenvalue weighted by molar-refractivity contribution is 5.90. The Morgan fingerprint density at radius 2 is 2.26 bits per heavy atom. The van der Waals surface area contributed by atoms with Crippen LogP contribution >= 0.6 is 0 Å². The van der Waals surface area contributed by atoms with E-state index in [2.05, 4.69) is 24.2 Å². The molecule has 1 saturated heterocycles. The molecule has 0 saturated carbocycles. The summed E-state index contributed by atoms with van der Waals surface area (Å²) in [6, 6.07) is 5.65. The van der Waals surface area contributed by atoms with Crippen molar-refractivity contribution in [3.05, 3.63) is 23.8 Å². The fourth-order valence-corrected chi connectivity index (χ4v) is 2.45. The Labute approximate surface area is 113 Å². The van der Waals surface area contributed by atoms with E-state index in [0.717, 1.165) is 25.1 Å². The molecular formula is C14H21N3O2. The molecule has 2 unspecified atom stereocenters. The van der Waals surface area contributed by atoms with E-state index >= 15 is 0 Å². The minimum absolute atomic E-state index is 0.262. The van der Waals surface area contributed by atoms with E-state index in [1.54, 1.807) is 12.1 Å². The lowest BCUT2D eigenvalue weighted by molar-refractivity contribution is 0.0697. The lowest BCUT2D eigenvalue weighted by Crippen LogP contribution is -2.42. The number of rotatable bonds is 3. The summed E-state index contributed by atoms with van der Waals surface area (Å²) >= 11 is 0. The van der Waals surface area contributed by atoms with Crippen LogP contribution in [0, 0.1) is 0 Å². The summed E-state index contributed by atoms with van der Waals surface area (Å²) in [5.74, 6) is -0.931. The van der Waals surface area contributed by atoms with E-state index < -0.39 is 5.97 Å². The number of carbonyl (C=O) groups is 1. The van der Waals surface area contributed by atoms with Gasteiger partial charge in [0.15, 0.2) is 0 Å². The van der Waals surface area contributed by atoms with Crippen LogP contribution in [-0.4, -0.2) is 41.7 Å². The van der Waals surface area contributed by atoms with Crippen molar-refractivity contribution in [3.63, 3.8) is 0 Å². The number of hydrogen-bond acceptors (Lipinski definition) is 4. The molecule has 1 aromatic rings. The van der Waals surface area contributed by atoms with Gasteiger partial charge in [0.2, 0.25) is 0 Å². The average Bonchev–Trinajstić information content (AvgIpc) is 2.36. The van der Waals surface area contributed by atoms with Crippen molar-refractivity contribution < 1.29 is 9.90 Å². The van der Waals surface area contributed by atoms with E-state index in [1.807, 2.05) is 0 Å². The van der Waals surface area contributed by atoms with Crippen molar-refractivity contribution in [1.29, 1.82) is 0 Å². The Morgan fingerprint density at radius 1 is 1.53 bits per heavy atom. The number of aromatic carboxylic acids is 1. The number of nitrogen functional groups attached to an aromatic ring is 1. The van der Waals surface area contributed by atoms with Gasteiger partial charge in [0.05, 0.1) is 16.9 Å². The van der Waals surface area contributed by atoms with Gasteiger partial charge in [0, 0.05) is 18.6 Å². The van der Waals surface area contributed by atoms with Crippen molar-refractivity contribution in [2.45, 2.75) is 31.8 Å². The number of benzene rings is 1. The number of piperidine rings is 1. The Bertz CT molecular complexity index is 476. The second-order valence-electron chi connectivity index (χ2n) is 5.30. The summed E-state index contributed by atoms with van der Waals surface area (Å²) in [7, 11) is 2.13. The molecule has 0 spiro atoms. The lowest BCUT2D eigenvalue weighted by Gasteiger charge is -2.36. The van der Waals surface area contributed by atoms with Crippen molar-refractivity contribution in [3.8, 4) is 0 Å². The molecule has 1 heterocycles. The Hall–Kier alpha value is -1.75. The smallest absolute Gasteiger partial charge is 0.335 e. The quantitative estimate of drug-likeness (QED) is 0.725. The van der Waals surface area contributed by atoms with Crippen LogP contribution in [0.5, 0.6) is 0 Å². The molecule has 0 radical (unpaired) electrons. The third-order valence-corrected chi connectivity index (χ3v) is 3.87. The molecule has 19 heavy (non-hydrogen) atoms. The molecule has 0 amide bonds. The van der Waals surface area contributed by atoms with Crippen LogP contribution in [0.15, 0.2) is 18.2 Å². The zero-order valence-electron chi connectivity index (χ0n) is 11.4. The number of hydrogen-bond donors (Lipinski definition) is 3. The molecular weight excluding hydrogens is 242 g/mol. The van der Waals surface area contributed by atoms with E-state index in [1.165, 1.54) is 6.07 Å². The highest BCUT2D eigenvalue weighted by atomic mass is 16.4. The molecule has 1 fully saturated rings. The van der Waals surface area contributed by atoms with Crippen molar-refractivity contribution in [2.75, 3.05) is 24.6 Å². The molecule has 0 bridgehead atoms. The lowest BCUT2D eigenvalue weighted by atomic mass is 9.98. The third-order valence-electron chi connectivity index (χ3n) is 3.87. The third kappa shape index (κ3) is 3.17. The molecule has 104 valence electrons. The molecule has 5 heteroatoms. The number of carboxylic acid groups (broad SMARTS) is 1. The van der Waals surface area contributed by atoms with Gasteiger partial charge in [-0.05, 0) is 45.0 Å². The summed E-state index contributed by atoms with van der Waals surface area (Å²) in [4.78, 5) is 13.3. The maximum Gasteiger partial charge on any atom is 0.335 e. The number of anilines is 2. The minimum Gasteiger partial charge on any atom is -0.478 e. The summed E-state index contributed by atoms with van der Waals surface area (Å²) in [6.45, 7) is 3.24. The maximum absolute atomic E-state index is 11.0. The molecule has 1 aromatic carbocycles. The predicted molar refractivity (Wildman–Crippen MR) is 76.6 cm³/mol. The summed E-state index contributed by atoms with van der Waals surface area (Å²) in [6.07, 6.45) is 2.07. The predicted octanol–water partition coefficient (Wildman–Crippen LogP) is 1.86. The minimum atomic E-state index is -0.931. The first-order valence-corrected chi connectivity index (χ1v) is 6.57. The van der Waals surface area contributed by atoms with Crippen LogP contribution in [0.3, 0.4) is 0 Å². The van der Waals surface area contributed by atoms with Gasteiger partial charge in [0.25, 0.3) is 0 Å². The van der Waals surface area contributed by atoms with Crippen LogP contribution in [0.4, 0.5) is 11.4 Å². The van der Waals surface area contributed by atoms with Gasteiger partial charge in [-0.2, -0.15) is 0 Å². The number of nitrogens with zero attached hydrogens (tertiary/aromatic N) is 1. The van der Waals surface area contributed by atoms with E-state index in [4.69, 9.17) is 10.8 Å². The van der Waals surface area contributed by atoms with Gasteiger partial charge in [-0.3, -0.25) is 0 Å². The van der Waals surface area contributed by atoms with Gasteiger partial charge < -0.3 is 21.1 Å². The second-order valence-corrected chi connectivity index (χ2v) is 5.30. The number of nitrogens with one attached hydrogen (secondary N) is 1. The van der Waals surface area contributed by atoms with E-state index in [0.29, 0.717) is 17.8 Å². The first-order valence-electron chi connectivity index (χ1n) is 6.57. The van der Waals surface area contributed by atoms with Gasteiger partial charge in [-0.15, -0.1) is 0 Å². The molecule has 5 nitrogen and oxygen atoms in total. The van der Waals surface area contributed by atoms with Crippen LogP contribution in [0.1, 0.15) is 30.1 Å². The van der Waals surface area contributed by atoms with Crippen molar-refractivity contribution in [1.82, 2.24) is 4.90 Å². The maximum atomic E-state index is 11.0. The largest absolute Gasteiger partial charge is 0.478 e. The Morgan fingerprint density at radius 3 is 2.89 bits per heavy atom. The molecule has 0 aromatic heterocycles. The molecule has 1 aliphatic rings. The summed E-state index contributed by atoms with van der Waals surface area (Å²) < 4.78 is 0. The van der Waals surface area contributed by atoms with Crippen LogP contribution in [0.2, 0.25) is 0 Å². The summed E-state index contributed by atoms with van der Waals surface area (Å²) in [5, 5.41) is 12.4. The first kappa shape index (κ1) is 13.7. The Balaban J connectivity index is 2.10. The SMILES string of the molecule is CC1CC(Nc2cc(C(=O)O)ccc2N)CCN1C. The normalized spacial score (nSPS) is 24.1. The van der Waals surface area contributed by atoms with Crippen LogP contribution in [-0.2, 0) is 0 Å². The number of nitrogens with two attached hydrogens (primary N) is 1. The van der Waals surface area contributed by atoms with Crippen molar-refractivity contribution >= 4 is 17.3 Å². The molecule has 2 rings (SSSR count). The van der Waals surface area contributed by atoms with Gasteiger partial charge >= 0.3 is 5.97 Å². The topological polar surface area (TPSA) is 78.6 Å². The number of carboxylic acids is 1. The van der Waals surface area contributed by atoms with Crippen molar-refractivity contribution in [2.24, 2.45) is 0 Å². The monoisotopic (exact) mass is 263 g/mol. The average molecular weight is 263 g/mol. The second kappa shape index (κ2) is 5.48. The van der Waals surface area contributed by atoms with E-state index in [9.17, 15) is 4.79 Å². The number of likely N-dealkylation sites (tertiary alicyclic amines) is 1. The Kier molecular flexibility index (Phi) is 3.95. The first-order chi connectivity index (χ1) is 8.97. The van der Waals surface area contributed by atoms with Crippen LogP contribution < -0.4 is 11.1 Å². The summed E-state index contributed by atoms with van der Waals surface area (Å²) in [5.41, 5.74) is 7.48. The van der Waals surface area contributed by atoms with E-state index in [-0.39, 0.29) is 5.56 Å². The zero-order chi connectivity index (χ0) is 14.0. The highest BCUT2D eigenvalue weighted by Crippen LogP contribution is 2.25. The highest BCUT2D eigenvalue weighted by Gasteiger charge is 2.23. The van der Waals surface area contributed by atoms with Gasteiger partial charge in [-0.1, -0.05) is 0 Å². The standard InChI is InChI=1S/C14H21N3O2/c1-9-7-11(5-6-17(9)2)16-13-8-10(14(18)19)3-4-12(13)15/h3-4,8-9,11,16H,5-7,15H2,1-2H3,(H,18,19). The molecule has 1 aliphatic heterocycles. The molecule has 4 N–H and O–H groups in total.